The van der Waals surface area contributed by atoms with E-state index in [0.29, 0.717) is 18.4 Å². The molecule has 2 atom stereocenters. The zero-order chi connectivity index (χ0) is 13.7. The van der Waals surface area contributed by atoms with Gasteiger partial charge in [0.2, 0.25) is 0 Å². The van der Waals surface area contributed by atoms with Crippen molar-refractivity contribution in [2.75, 3.05) is 13.2 Å². The summed E-state index contributed by atoms with van der Waals surface area (Å²) in [5, 5.41) is 3.37. The smallest absolute Gasteiger partial charge is 0.126 e. The van der Waals surface area contributed by atoms with Crippen LogP contribution in [0, 0.1) is 5.82 Å². The first kappa shape index (κ1) is 14.3. The van der Waals surface area contributed by atoms with Gasteiger partial charge in [-0.15, -0.1) is 0 Å². The van der Waals surface area contributed by atoms with E-state index in [4.69, 9.17) is 9.47 Å². The Morgan fingerprint density at radius 2 is 2.16 bits per heavy atom. The number of rotatable bonds is 6. The first-order chi connectivity index (χ1) is 9.13. The fourth-order valence-electron chi connectivity index (χ4n) is 2.17. The van der Waals surface area contributed by atoms with Crippen LogP contribution in [0.5, 0.6) is 5.75 Å². The fourth-order valence-corrected chi connectivity index (χ4v) is 2.17. The average Bonchev–Trinajstić information content (AvgIpc) is 2.82. The molecule has 1 aromatic carbocycles. The molecule has 4 heteroatoms. The Bertz CT molecular complexity index is 397. The van der Waals surface area contributed by atoms with Gasteiger partial charge in [-0.25, -0.2) is 4.39 Å². The molecule has 0 aliphatic carbocycles. The molecule has 1 heterocycles. The molecule has 0 bridgehead atoms. The number of ether oxygens (including phenoxy) is 2. The number of halogens is 1. The van der Waals surface area contributed by atoms with Gasteiger partial charge in [-0.2, -0.15) is 0 Å². The molecule has 1 aliphatic rings. The van der Waals surface area contributed by atoms with Gasteiger partial charge in [-0.05, 0) is 25.0 Å². The molecule has 1 saturated heterocycles. The molecule has 19 heavy (non-hydrogen) atoms. The third kappa shape index (κ3) is 4.80. The minimum Gasteiger partial charge on any atom is -0.491 e. The van der Waals surface area contributed by atoms with Gasteiger partial charge >= 0.3 is 0 Å². The summed E-state index contributed by atoms with van der Waals surface area (Å²) in [7, 11) is 0. The number of benzene rings is 1. The van der Waals surface area contributed by atoms with Crippen LogP contribution in [0.3, 0.4) is 0 Å². The molecule has 0 radical (unpaired) electrons. The summed E-state index contributed by atoms with van der Waals surface area (Å²) in [4.78, 5) is 0. The molecular formula is C15H22FNO2. The predicted octanol–water partition coefficient (Wildman–Crippen LogP) is 2.75. The van der Waals surface area contributed by atoms with Crippen LogP contribution in [-0.2, 0) is 4.74 Å². The van der Waals surface area contributed by atoms with E-state index in [0.717, 1.165) is 19.4 Å². The van der Waals surface area contributed by atoms with Crippen molar-refractivity contribution >= 4 is 0 Å². The zero-order valence-electron chi connectivity index (χ0n) is 11.6. The van der Waals surface area contributed by atoms with Crippen LogP contribution in [0.4, 0.5) is 4.39 Å². The normalized spacial score (nSPS) is 22.9. The van der Waals surface area contributed by atoms with Crippen molar-refractivity contribution in [2.45, 2.75) is 44.9 Å². The van der Waals surface area contributed by atoms with E-state index in [2.05, 4.69) is 19.2 Å². The highest BCUT2D eigenvalue weighted by Gasteiger charge is 2.25. The second-order valence-electron chi connectivity index (χ2n) is 5.29. The van der Waals surface area contributed by atoms with Gasteiger partial charge in [0.25, 0.3) is 0 Å². The summed E-state index contributed by atoms with van der Waals surface area (Å²) in [6.07, 6.45) is 2.43. The Balaban J connectivity index is 1.70. The van der Waals surface area contributed by atoms with Crippen LogP contribution >= 0.6 is 0 Å². The predicted molar refractivity (Wildman–Crippen MR) is 72.9 cm³/mol. The molecule has 1 aliphatic heterocycles. The Kier molecular flexibility index (Phi) is 5.16. The molecule has 1 N–H and O–H groups in total. The standard InChI is InChI=1S/C15H22FNO2/c1-11(2)17-9-14-6-7-15(19-14)10-18-13-5-3-4-12(16)8-13/h3-5,8,11,14-15,17H,6-7,9-10H2,1-2H3. The molecule has 1 fully saturated rings. The second kappa shape index (κ2) is 6.87. The first-order valence-electron chi connectivity index (χ1n) is 6.90. The van der Waals surface area contributed by atoms with E-state index >= 15 is 0 Å². The minimum atomic E-state index is -0.274. The average molecular weight is 267 g/mol. The highest BCUT2D eigenvalue weighted by atomic mass is 19.1. The van der Waals surface area contributed by atoms with Crippen molar-refractivity contribution in [1.82, 2.24) is 5.32 Å². The summed E-state index contributed by atoms with van der Waals surface area (Å²) in [5.41, 5.74) is 0. The minimum absolute atomic E-state index is 0.113. The molecule has 0 spiro atoms. The Morgan fingerprint density at radius 1 is 1.37 bits per heavy atom. The quantitative estimate of drug-likeness (QED) is 0.859. The van der Waals surface area contributed by atoms with E-state index in [1.165, 1.54) is 12.1 Å². The van der Waals surface area contributed by atoms with Gasteiger partial charge in [0.15, 0.2) is 0 Å². The van der Waals surface area contributed by atoms with E-state index in [1.807, 2.05) is 0 Å². The van der Waals surface area contributed by atoms with Crippen molar-refractivity contribution in [2.24, 2.45) is 0 Å². The summed E-state index contributed by atoms with van der Waals surface area (Å²) >= 11 is 0. The van der Waals surface area contributed by atoms with Gasteiger partial charge in [0.1, 0.15) is 18.2 Å². The van der Waals surface area contributed by atoms with Crippen molar-refractivity contribution in [3.05, 3.63) is 30.1 Å². The lowest BCUT2D eigenvalue weighted by molar-refractivity contribution is 0.0178. The Morgan fingerprint density at radius 3 is 2.89 bits per heavy atom. The maximum absolute atomic E-state index is 13.0. The van der Waals surface area contributed by atoms with Crippen LogP contribution in [0.15, 0.2) is 24.3 Å². The Labute approximate surface area is 114 Å². The molecule has 2 unspecified atom stereocenters. The maximum Gasteiger partial charge on any atom is 0.126 e. The van der Waals surface area contributed by atoms with E-state index in [9.17, 15) is 4.39 Å². The van der Waals surface area contributed by atoms with Crippen molar-refractivity contribution in [1.29, 1.82) is 0 Å². The van der Waals surface area contributed by atoms with Crippen LogP contribution in [0.1, 0.15) is 26.7 Å². The molecular weight excluding hydrogens is 245 g/mol. The SMILES string of the molecule is CC(C)NCC1CCC(COc2cccc(F)c2)O1. The van der Waals surface area contributed by atoms with Crippen molar-refractivity contribution in [3.63, 3.8) is 0 Å². The Hall–Kier alpha value is -1.13. The molecule has 1 aromatic rings. The zero-order valence-corrected chi connectivity index (χ0v) is 11.6. The van der Waals surface area contributed by atoms with E-state index in [-0.39, 0.29) is 18.0 Å². The fraction of sp³-hybridized carbons (Fsp3) is 0.600. The highest BCUT2D eigenvalue weighted by molar-refractivity contribution is 5.22. The largest absolute Gasteiger partial charge is 0.491 e. The molecule has 0 aromatic heterocycles. The van der Waals surface area contributed by atoms with Crippen LogP contribution < -0.4 is 10.1 Å². The molecule has 106 valence electrons. The number of hydrogen-bond acceptors (Lipinski definition) is 3. The lowest BCUT2D eigenvalue weighted by Crippen LogP contribution is -2.32. The number of nitrogens with one attached hydrogen (secondary N) is 1. The van der Waals surface area contributed by atoms with Gasteiger partial charge in [-0.1, -0.05) is 19.9 Å². The topological polar surface area (TPSA) is 30.5 Å². The van der Waals surface area contributed by atoms with Crippen molar-refractivity contribution in [3.8, 4) is 5.75 Å². The van der Waals surface area contributed by atoms with Crippen LogP contribution in [0.2, 0.25) is 0 Å². The molecule has 2 rings (SSSR count). The maximum atomic E-state index is 13.0. The van der Waals surface area contributed by atoms with E-state index in [1.54, 1.807) is 12.1 Å². The lowest BCUT2D eigenvalue weighted by atomic mass is 10.2. The van der Waals surface area contributed by atoms with Gasteiger partial charge in [0.05, 0.1) is 12.2 Å². The monoisotopic (exact) mass is 267 g/mol. The van der Waals surface area contributed by atoms with Gasteiger partial charge in [0, 0.05) is 18.7 Å². The molecule has 0 saturated carbocycles. The highest BCUT2D eigenvalue weighted by Crippen LogP contribution is 2.21. The molecule has 3 nitrogen and oxygen atoms in total. The number of hydrogen-bond donors (Lipinski definition) is 1. The lowest BCUT2D eigenvalue weighted by Gasteiger charge is -2.16. The summed E-state index contributed by atoms with van der Waals surface area (Å²) < 4.78 is 24.4. The van der Waals surface area contributed by atoms with Crippen LogP contribution in [0.25, 0.3) is 0 Å². The second-order valence-corrected chi connectivity index (χ2v) is 5.29. The van der Waals surface area contributed by atoms with Crippen molar-refractivity contribution < 1.29 is 13.9 Å². The van der Waals surface area contributed by atoms with Crippen LogP contribution in [-0.4, -0.2) is 31.4 Å². The van der Waals surface area contributed by atoms with E-state index < -0.39 is 0 Å². The molecule has 0 amide bonds. The first-order valence-corrected chi connectivity index (χ1v) is 6.90. The van der Waals surface area contributed by atoms with Gasteiger partial charge in [-0.3, -0.25) is 0 Å². The summed E-state index contributed by atoms with van der Waals surface area (Å²) in [6, 6.07) is 6.69. The van der Waals surface area contributed by atoms with Gasteiger partial charge < -0.3 is 14.8 Å². The third-order valence-corrected chi connectivity index (χ3v) is 3.18. The third-order valence-electron chi connectivity index (χ3n) is 3.18. The summed E-state index contributed by atoms with van der Waals surface area (Å²) in [5.74, 6) is 0.288. The summed E-state index contributed by atoms with van der Waals surface area (Å²) in [6.45, 7) is 5.62.